The lowest BCUT2D eigenvalue weighted by Crippen LogP contribution is -2.33. The van der Waals surface area contributed by atoms with Crippen molar-refractivity contribution < 1.29 is 19.7 Å². The number of benzene rings is 1. The molecular formula is C13H18O4. The second-order valence-electron chi connectivity index (χ2n) is 4.00. The Hall–Kier alpha value is -1.52. The zero-order valence-corrected chi connectivity index (χ0v) is 10.1. The largest absolute Gasteiger partial charge is 0.497 e. The van der Waals surface area contributed by atoms with E-state index in [0.717, 1.165) is 5.75 Å². The molecule has 0 saturated carbocycles. The first kappa shape index (κ1) is 13.5. The smallest absolute Gasteiger partial charge is 0.120 e. The van der Waals surface area contributed by atoms with Crippen molar-refractivity contribution in [3.63, 3.8) is 0 Å². The minimum Gasteiger partial charge on any atom is -0.497 e. The van der Waals surface area contributed by atoms with Crippen LogP contribution in [0.25, 0.3) is 0 Å². The van der Waals surface area contributed by atoms with Crippen molar-refractivity contribution in [1.29, 1.82) is 0 Å². The van der Waals surface area contributed by atoms with Gasteiger partial charge in [-0.25, -0.2) is 0 Å². The normalized spacial score (nSPS) is 13.9. The van der Waals surface area contributed by atoms with Crippen LogP contribution in [0.15, 0.2) is 36.4 Å². The molecule has 1 aromatic carbocycles. The van der Waals surface area contributed by atoms with Crippen molar-refractivity contribution in [2.45, 2.75) is 12.5 Å². The third-order valence-electron chi connectivity index (χ3n) is 2.54. The first-order valence-corrected chi connectivity index (χ1v) is 5.28. The highest BCUT2D eigenvalue weighted by Gasteiger charge is 2.23. The van der Waals surface area contributed by atoms with Gasteiger partial charge >= 0.3 is 0 Å². The van der Waals surface area contributed by atoms with Crippen LogP contribution in [0.3, 0.4) is 0 Å². The fraction of sp³-hybridized carbons (Fsp3) is 0.385. The van der Waals surface area contributed by atoms with E-state index in [4.69, 9.17) is 14.6 Å². The highest BCUT2D eigenvalue weighted by molar-refractivity contribution is 5.31. The molecule has 1 unspecified atom stereocenters. The monoisotopic (exact) mass is 238 g/mol. The van der Waals surface area contributed by atoms with E-state index in [0.29, 0.717) is 11.3 Å². The Kier molecular flexibility index (Phi) is 4.54. The van der Waals surface area contributed by atoms with Crippen LogP contribution < -0.4 is 9.47 Å². The third-order valence-corrected chi connectivity index (χ3v) is 2.54. The van der Waals surface area contributed by atoms with Crippen LogP contribution in [-0.4, -0.2) is 36.1 Å². The molecule has 4 heteroatoms. The van der Waals surface area contributed by atoms with Crippen molar-refractivity contribution in [2.75, 3.05) is 20.3 Å². The van der Waals surface area contributed by atoms with Crippen LogP contribution in [0.2, 0.25) is 0 Å². The second kappa shape index (κ2) is 5.70. The molecule has 0 aliphatic rings. The highest BCUT2D eigenvalue weighted by Crippen LogP contribution is 2.19. The molecule has 0 heterocycles. The Bertz CT molecular complexity index is 368. The maximum absolute atomic E-state index is 9.70. The van der Waals surface area contributed by atoms with Gasteiger partial charge in [-0.05, 0) is 36.8 Å². The number of hydrogen-bond acceptors (Lipinski definition) is 4. The molecule has 0 spiro atoms. The summed E-state index contributed by atoms with van der Waals surface area (Å²) in [5.74, 6) is 1.40. The molecule has 0 aliphatic heterocycles. The Morgan fingerprint density at radius 1 is 1.29 bits per heavy atom. The molecule has 0 radical (unpaired) electrons. The summed E-state index contributed by atoms with van der Waals surface area (Å²) in [6.45, 7) is 4.95. The summed E-state index contributed by atoms with van der Waals surface area (Å²) in [6.07, 6.45) is 0. The summed E-state index contributed by atoms with van der Waals surface area (Å²) in [7, 11) is 1.59. The summed E-state index contributed by atoms with van der Waals surface area (Å²) in [5.41, 5.74) is -0.886. The molecule has 0 fully saturated rings. The van der Waals surface area contributed by atoms with Gasteiger partial charge in [-0.15, -0.1) is 0 Å². The van der Waals surface area contributed by atoms with E-state index in [1.165, 1.54) is 6.92 Å². The minimum atomic E-state index is -1.31. The molecule has 17 heavy (non-hydrogen) atoms. The van der Waals surface area contributed by atoms with Gasteiger partial charge in [0.05, 0.1) is 13.7 Å². The average molecular weight is 238 g/mol. The van der Waals surface area contributed by atoms with Crippen LogP contribution in [0.4, 0.5) is 0 Å². The Balaban J connectivity index is 2.53. The predicted octanol–water partition coefficient (Wildman–Crippen LogP) is 1.37. The molecule has 94 valence electrons. The standard InChI is InChI=1S/C13H18O4/c1-10(13(2,15)9-14)8-17-12-6-4-11(16-3)5-7-12/h4-7,14-15H,1,8-9H2,2-3H3. The van der Waals surface area contributed by atoms with E-state index in [9.17, 15) is 5.11 Å². The molecule has 0 amide bonds. The van der Waals surface area contributed by atoms with Gasteiger partial charge in [0.25, 0.3) is 0 Å². The number of hydrogen-bond donors (Lipinski definition) is 2. The zero-order chi connectivity index (χ0) is 12.9. The van der Waals surface area contributed by atoms with Gasteiger partial charge < -0.3 is 19.7 Å². The van der Waals surface area contributed by atoms with Crippen molar-refractivity contribution in [2.24, 2.45) is 0 Å². The van der Waals surface area contributed by atoms with Gasteiger partial charge in [0, 0.05) is 0 Å². The number of aliphatic hydroxyl groups excluding tert-OH is 1. The Labute approximate surface area is 101 Å². The molecule has 2 N–H and O–H groups in total. The fourth-order valence-electron chi connectivity index (χ4n) is 1.11. The average Bonchev–Trinajstić information content (AvgIpc) is 2.36. The van der Waals surface area contributed by atoms with Gasteiger partial charge in [0.1, 0.15) is 23.7 Å². The molecule has 1 rings (SSSR count). The van der Waals surface area contributed by atoms with Crippen molar-refractivity contribution >= 4 is 0 Å². The molecule has 0 bridgehead atoms. The molecule has 0 saturated heterocycles. The number of aliphatic hydroxyl groups is 2. The SMILES string of the molecule is C=C(COc1ccc(OC)cc1)C(C)(O)CO. The first-order valence-electron chi connectivity index (χ1n) is 5.28. The summed E-state index contributed by atoms with van der Waals surface area (Å²) in [4.78, 5) is 0. The van der Waals surface area contributed by atoms with Gasteiger partial charge in [0.2, 0.25) is 0 Å². The molecular weight excluding hydrogens is 220 g/mol. The zero-order valence-electron chi connectivity index (χ0n) is 10.1. The maximum Gasteiger partial charge on any atom is 0.120 e. The van der Waals surface area contributed by atoms with Gasteiger partial charge in [0.15, 0.2) is 0 Å². The number of rotatable bonds is 6. The quantitative estimate of drug-likeness (QED) is 0.735. The van der Waals surface area contributed by atoms with Gasteiger partial charge in [-0.2, -0.15) is 0 Å². The summed E-state index contributed by atoms with van der Waals surface area (Å²) in [6, 6.07) is 7.09. The van der Waals surface area contributed by atoms with E-state index < -0.39 is 5.60 Å². The first-order chi connectivity index (χ1) is 7.99. The number of methoxy groups -OCH3 is 1. The van der Waals surface area contributed by atoms with E-state index >= 15 is 0 Å². The predicted molar refractivity (Wildman–Crippen MR) is 65.3 cm³/mol. The van der Waals surface area contributed by atoms with Crippen LogP contribution in [0.1, 0.15) is 6.92 Å². The lowest BCUT2D eigenvalue weighted by atomic mass is 9.99. The summed E-state index contributed by atoms with van der Waals surface area (Å²) >= 11 is 0. The fourth-order valence-corrected chi connectivity index (χ4v) is 1.11. The van der Waals surface area contributed by atoms with Crippen LogP contribution in [-0.2, 0) is 0 Å². The molecule has 4 nitrogen and oxygen atoms in total. The second-order valence-corrected chi connectivity index (χ2v) is 4.00. The molecule has 0 aromatic heterocycles. The summed E-state index contributed by atoms with van der Waals surface area (Å²) < 4.78 is 10.4. The maximum atomic E-state index is 9.70. The molecule has 0 aliphatic carbocycles. The highest BCUT2D eigenvalue weighted by atomic mass is 16.5. The lowest BCUT2D eigenvalue weighted by Gasteiger charge is -2.23. The van der Waals surface area contributed by atoms with Crippen LogP contribution >= 0.6 is 0 Å². The Morgan fingerprint density at radius 2 is 1.82 bits per heavy atom. The number of ether oxygens (including phenoxy) is 2. The summed E-state index contributed by atoms with van der Waals surface area (Å²) in [5, 5.41) is 18.6. The van der Waals surface area contributed by atoms with E-state index in [1.54, 1.807) is 31.4 Å². The topological polar surface area (TPSA) is 58.9 Å². The third kappa shape index (κ3) is 3.76. The van der Waals surface area contributed by atoms with Crippen molar-refractivity contribution in [3.05, 3.63) is 36.4 Å². The van der Waals surface area contributed by atoms with Crippen LogP contribution in [0, 0.1) is 0 Å². The lowest BCUT2D eigenvalue weighted by molar-refractivity contribution is 0.0267. The van der Waals surface area contributed by atoms with Crippen molar-refractivity contribution in [3.8, 4) is 11.5 Å². The van der Waals surface area contributed by atoms with E-state index in [2.05, 4.69) is 6.58 Å². The van der Waals surface area contributed by atoms with Gasteiger partial charge in [-0.3, -0.25) is 0 Å². The molecule has 1 aromatic rings. The van der Waals surface area contributed by atoms with E-state index in [-0.39, 0.29) is 13.2 Å². The minimum absolute atomic E-state index is 0.153. The van der Waals surface area contributed by atoms with Gasteiger partial charge in [-0.1, -0.05) is 6.58 Å². The molecule has 1 atom stereocenters. The van der Waals surface area contributed by atoms with Crippen LogP contribution in [0.5, 0.6) is 11.5 Å². The van der Waals surface area contributed by atoms with Crippen molar-refractivity contribution in [1.82, 2.24) is 0 Å². The van der Waals surface area contributed by atoms with E-state index in [1.807, 2.05) is 0 Å². The Morgan fingerprint density at radius 3 is 2.29 bits per heavy atom.